The van der Waals surface area contributed by atoms with E-state index < -0.39 is 0 Å². The van der Waals surface area contributed by atoms with Crippen LogP contribution in [0.15, 0.2) is 30.6 Å². The molecule has 1 aromatic carbocycles. The lowest BCUT2D eigenvalue weighted by Gasteiger charge is -2.14. The molecule has 1 aliphatic rings. The molecule has 0 bridgehead atoms. The Morgan fingerprint density at radius 1 is 1.36 bits per heavy atom. The van der Waals surface area contributed by atoms with E-state index >= 15 is 0 Å². The van der Waals surface area contributed by atoms with Crippen LogP contribution < -0.4 is 10.6 Å². The molecule has 1 unspecified atom stereocenters. The van der Waals surface area contributed by atoms with E-state index in [0.29, 0.717) is 5.92 Å². The first kappa shape index (κ1) is 16.2. The van der Waals surface area contributed by atoms with Crippen LogP contribution >= 0.6 is 0 Å². The van der Waals surface area contributed by atoms with Gasteiger partial charge in [0, 0.05) is 35.8 Å². The van der Waals surface area contributed by atoms with Gasteiger partial charge in [-0.05, 0) is 43.1 Å². The fraction of sp³-hybridized carbons (Fsp3) is 0.412. The van der Waals surface area contributed by atoms with E-state index in [-0.39, 0.29) is 0 Å². The summed E-state index contributed by atoms with van der Waals surface area (Å²) in [4.78, 5) is 0. The Morgan fingerprint density at radius 3 is 2.86 bits per heavy atom. The Bertz CT molecular complexity index is 571. The first-order valence-corrected chi connectivity index (χ1v) is 7.95. The van der Waals surface area contributed by atoms with Crippen LogP contribution in [0.5, 0.6) is 0 Å². The van der Waals surface area contributed by atoms with E-state index in [1.54, 1.807) is 6.20 Å². The van der Waals surface area contributed by atoms with Crippen molar-refractivity contribution in [3.05, 3.63) is 36.2 Å². The van der Waals surface area contributed by atoms with Gasteiger partial charge < -0.3 is 16.0 Å². The number of hydrogen-bond acceptors (Lipinski definition) is 4. The number of nitrogens with zero attached hydrogens (tertiary/aromatic N) is 1. The maximum atomic E-state index is 7.59. The van der Waals surface area contributed by atoms with Gasteiger partial charge in [0.25, 0.3) is 0 Å². The van der Waals surface area contributed by atoms with Gasteiger partial charge in [-0.2, -0.15) is 5.10 Å². The Morgan fingerprint density at radius 2 is 2.23 bits per heavy atom. The van der Waals surface area contributed by atoms with Crippen LogP contribution in [0.25, 0.3) is 11.1 Å². The van der Waals surface area contributed by atoms with Crippen LogP contribution in [0.2, 0.25) is 0 Å². The fourth-order valence-electron chi connectivity index (χ4n) is 2.57. The summed E-state index contributed by atoms with van der Waals surface area (Å²) in [6.45, 7) is 7.15. The van der Waals surface area contributed by atoms with Gasteiger partial charge in [0.2, 0.25) is 0 Å². The van der Waals surface area contributed by atoms with Gasteiger partial charge in [0.1, 0.15) is 0 Å². The van der Waals surface area contributed by atoms with E-state index in [2.05, 4.69) is 26.9 Å². The number of aromatic amines is 1. The normalized spacial score (nSPS) is 16.7. The second kappa shape index (κ2) is 8.34. The highest BCUT2D eigenvalue weighted by Crippen LogP contribution is 2.24. The zero-order chi connectivity index (χ0) is 15.8. The molecule has 0 radical (unpaired) electrons. The lowest BCUT2D eigenvalue weighted by molar-refractivity contribution is 0.615. The quantitative estimate of drug-likeness (QED) is 0.641. The van der Waals surface area contributed by atoms with Crippen molar-refractivity contribution in [2.45, 2.75) is 20.3 Å². The minimum atomic E-state index is 0.683. The summed E-state index contributed by atoms with van der Waals surface area (Å²) in [7, 11) is 0. The second-order valence-electron chi connectivity index (χ2n) is 5.17. The number of rotatable bonds is 5. The van der Waals surface area contributed by atoms with Crippen LogP contribution in [-0.4, -0.2) is 36.0 Å². The van der Waals surface area contributed by atoms with Crippen molar-refractivity contribution in [1.82, 2.24) is 15.5 Å². The van der Waals surface area contributed by atoms with Crippen LogP contribution in [0, 0.1) is 11.3 Å². The first-order chi connectivity index (χ1) is 10.9. The van der Waals surface area contributed by atoms with E-state index in [9.17, 15) is 0 Å². The average molecular weight is 299 g/mol. The minimum Gasteiger partial charge on any atom is -0.384 e. The molecule has 0 spiro atoms. The van der Waals surface area contributed by atoms with Crippen molar-refractivity contribution in [2.24, 2.45) is 5.92 Å². The molecule has 1 aromatic heterocycles. The summed E-state index contributed by atoms with van der Waals surface area (Å²) in [5.74, 6) is 0.683. The van der Waals surface area contributed by atoms with Gasteiger partial charge in [-0.1, -0.05) is 19.9 Å². The van der Waals surface area contributed by atoms with Crippen molar-refractivity contribution < 1.29 is 0 Å². The van der Waals surface area contributed by atoms with Gasteiger partial charge in [0.05, 0.1) is 6.20 Å². The Balaban J connectivity index is 0.000000847. The third kappa shape index (κ3) is 3.95. The molecule has 5 heteroatoms. The van der Waals surface area contributed by atoms with Gasteiger partial charge in [0.15, 0.2) is 0 Å². The van der Waals surface area contributed by atoms with E-state index in [1.165, 1.54) is 12.6 Å². The number of H-pyrrole nitrogens is 1. The summed E-state index contributed by atoms with van der Waals surface area (Å²) in [6.07, 6.45) is 6.28. The highest BCUT2D eigenvalue weighted by atomic mass is 15.1. The molecule has 1 saturated heterocycles. The zero-order valence-electron chi connectivity index (χ0n) is 13.3. The van der Waals surface area contributed by atoms with Crippen LogP contribution in [0.3, 0.4) is 0 Å². The highest BCUT2D eigenvalue weighted by Gasteiger charge is 2.14. The SMILES string of the molecule is CC.N=Cc1cc(-c2cn[nH]c2)ccc1NCC1CCNC1. The third-order valence-electron chi connectivity index (χ3n) is 3.78. The molecule has 0 amide bonds. The summed E-state index contributed by atoms with van der Waals surface area (Å²) >= 11 is 0. The molecule has 4 N–H and O–H groups in total. The van der Waals surface area contributed by atoms with Crippen molar-refractivity contribution in [1.29, 1.82) is 5.41 Å². The third-order valence-corrected chi connectivity index (χ3v) is 3.78. The topological polar surface area (TPSA) is 76.6 Å². The summed E-state index contributed by atoms with van der Waals surface area (Å²) < 4.78 is 0. The van der Waals surface area contributed by atoms with E-state index in [4.69, 9.17) is 5.41 Å². The lowest BCUT2D eigenvalue weighted by Crippen LogP contribution is -2.17. The molecule has 1 fully saturated rings. The molecule has 0 aliphatic carbocycles. The summed E-state index contributed by atoms with van der Waals surface area (Å²) in [5, 5.41) is 21.2. The first-order valence-electron chi connectivity index (χ1n) is 7.95. The molecular weight excluding hydrogens is 274 g/mol. The number of hydrogen-bond donors (Lipinski definition) is 4. The summed E-state index contributed by atoms with van der Waals surface area (Å²) in [6, 6.07) is 6.13. The van der Waals surface area contributed by atoms with E-state index in [1.807, 2.05) is 32.2 Å². The van der Waals surface area contributed by atoms with Gasteiger partial charge in [-0.15, -0.1) is 0 Å². The van der Waals surface area contributed by atoms with Crippen molar-refractivity contribution >= 4 is 11.9 Å². The van der Waals surface area contributed by atoms with Crippen LogP contribution in [-0.2, 0) is 0 Å². The molecule has 3 rings (SSSR count). The Kier molecular flexibility index (Phi) is 6.15. The summed E-state index contributed by atoms with van der Waals surface area (Å²) in [5.41, 5.74) is 4.05. The largest absolute Gasteiger partial charge is 0.384 e. The number of aromatic nitrogens is 2. The molecule has 2 aromatic rings. The van der Waals surface area contributed by atoms with Crippen LogP contribution in [0.4, 0.5) is 5.69 Å². The maximum Gasteiger partial charge on any atom is 0.0565 e. The van der Waals surface area contributed by atoms with E-state index in [0.717, 1.165) is 42.0 Å². The predicted octanol–water partition coefficient (Wildman–Crippen LogP) is 3.12. The van der Waals surface area contributed by atoms with Gasteiger partial charge in [-0.25, -0.2) is 0 Å². The number of nitrogens with one attached hydrogen (secondary N) is 4. The minimum absolute atomic E-state index is 0.683. The molecule has 1 atom stereocenters. The molecule has 0 saturated carbocycles. The Hall–Kier alpha value is -2.14. The van der Waals surface area contributed by atoms with Crippen molar-refractivity contribution in [3.63, 3.8) is 0 Å². The number of anilines is 1. The average Bonchev–Trinajstić information content (AvgIpc) is 3.28. The highest BCUT2D eigenvalue weighted by molar-refractivity contribution is 5.88. The molecule has 1 aliphatic heterocycles. The zero-order valence-corrected chi connectivity index (χ0v) is 13.3. The van der Waals surface area contributed by atoms with Crippen LogP contribution in [0.1, 0.15) is 25.8 Å². The molecule has 22 heavy (non-hydrogen) atoms. The standard InChI is InChI=1S/C15H19N5.C2H6/c16-6-13-5-12(14-9-19-20-10-14)1-2-15(13)18-8-11-3-4-17-7-11;1-2/h1-2,5-6,9-11,16-18H,3-4,7-8H2,(H,19,20);1-2H3. The predicted molar refractivity (Wildman–Crippen MR) is 92.7 cm³/mol. The maximum absolute atomic E-state index is 7.59. The second-order valence-corrected chi connectivity index (χ2v) is 5.17. The number of benzene rings is 1. The fourth-order valence-corrected chi connectivity index (χ4v) is 2.57. The van der Waals surface area contributed by atoms with Gasteiger partial charge in [-0.3, -0.25) is 5.10 Å². The molecular formula is C17H25N5. The smallest absolute Gasteiger partial charge is 0.0565 e. The molecule has 5 nitrogen and oxygen atoms in total. The Labute approximate surface area is 132 Å². The van der Waals surface area contributed by atoms with Crippen molar-refractivity contribution in [3.8, 4) is 11.1 Å². The molecule has 2 heterocycles. The monoisotopic (exact) mass is 299 g/mol. The lowest BCUT2D eigenvalue weighted by atomic mass is 10.0. The van der Waals surface area contributed by atoms with Crippen molar-refractivity contribution in [2.75, 3.05) is 25.0 Å². The molecule has 118 valence electrons. The van der Waals surface area contributed by atoms with Gasteiger partial charge >= 0.3 is 0 Å².